The van der Waals surface area contributed by atoms with E-state index in [2.05, 4.69) is 40.6 Å². The highest BCUT2D eigenvalue weighted by molar-refractivity contribution is 5.91. The van der Waals surface area contributed by atoms with Gasteiger partial charge >= 0.3 is 0 Å². The van der Waals surface area contributed by atoms with Crippen molar-refractivity contribution in [3.05, 3.63) is 53.7 Å². The molecule has 4 nitrogen and oxygen atoms in total. The highest BCUT2D eigenvalue weighted by Crippen LogP contribution is 2.41. The number of unbranched alkanes of at least 4 members (excludes halogenated alkanes) is 1. The minimum absolute atomic E-state index is 0.0970. The van der Waals surface area contributed by atoms with Crippen LogP contribution in [0.25, 0.3) is 0 Å². The smallest absolute Gasteiger partial charge is 0.273 e. The van der Waals surface area contributed by atoms with Gasteiger partial charge in [0, 0.05) is 12.5 Å². The maximum Gasteiger partial charge on any atom is 0.273 e. The van der Waals surface area contributed by atoms with Crippen molar-refractivity contribution in [2.75, 3.05) is 6.54 Å². The first-order chi connectivity index (χ1) is 14.8. The average Bonchev–Trinajstić information content (AvgIpc) is 3.44. The topological polar surface area (TPSA) is 55.1 Å². The molecule has 162 valence electrons. The molecule has 0 unspecified atom stereocenters. The van der Waals surface area contributed by atoms with Gasteiger partial charge in [-0.2, -0.15) is 0 Å². The Kier molecular flexibility index (Phi) is 7.60. The minimum atomic E-state index is -0.0970. The van der Waals surface area contributed by atoms with Crippen LogP contribution in [0.3, 0.4) is 0 Å². The molecule has 2 aliphatic rings. The normalized spacial score (nSPS) is 22.3. The van der Waals surface area contributed by atoms with E-state index in [1.165, 1.54) is 63.4 Å². The second-order valence-corrected chi connectivity index (χ2v) is 9.31. The van der Waals surface area contributed by atoms with Gasteiger partial charge in [0.05, 0.1) is 0 Å². The number of hydrogen-bond donors (Lipinski definition) is 1. The van der Waals surface area contributed by atoms with Gasteiger partial charge in [-0.3, -0.25) is 4.79 Å². The van der Waals surface area contributed by atoms with Gasteiger partial charge in [0.1, 0.15) is 6.26 Å². The van der Waals surface area contributed by atoms with E-state index in [1.54, 1.807) is 6.26 Å². The Morgan fingerprint density at radius 3 is 2.67 bits per heavy atom. The molecule has 30 heavy (non-hydrogen) atoms. The molecule has 4 heteroatoms. The van der Waals surface area contributed by atoms with Gasteiger partial charge < -0.3 is 9.73 Å². The lowest BCUT2D eigenvalue weighted by atomic mass is 9.86. The van der Waals surface area contributed by atoms with Crippen molar-refractivity contribution in [3.8, 4) is 0 Å². The summed E-state index contributed by atoms with van der Waals surface area (Å²) in [5.41, 5.74) is 1.80. The number of carbonyl (C=O) groups excluding carboxylic acids is 1. The second kappa shape index (κ2) is 10.8. The summed E-state index contributed by atoms with van der Waals surface area (Å²) in [5, 5.41) is 3.03. The molecular weight excluding hydrogens is 372 g/mol. The van der Waals surface area contributed by atoms with E-state index in [1.807, 2.05) is 0 Å². The van der Waals surface area contributed by atoms with Gasteiger partial charge in [-0.1, -0.05) is 81.7 Å². The summed E-state index contributed by atoms with van der Waals surface area (Å²) >= 11 is 0. The number of aromatic nitrogens is 1. The van der Waals surface area contributed by atoms with Crippen LogP contribution in [-0.4, -0.2) is 17.4 Å². The molecule has 2 aliphatic carbocycles. The standard InChI is InChI=1S/C26H36N2O2/c29-25(27-17-8-7-12-20-10-3-1-4-11-20)24-19-30-26(28-24)23-16-9-15-22(23)18-21-13-5-2-6-14-21/h2,5-6,13-14,19-20,22-23H,1,3-4,7-12,15-18H2,(H,27,29)/t22-,23-/m0/s1. The van der Waals surface area contributed by atoms with E-state index in [9.17, 15) is 4.79 Å². The Balaban J connectivity index is 1.22. The summed E-state index contributed by atoms with van der Waals surface area (Å²) in [7, 11) is 0. The molecule has 2 fully saturated rings. The summed E-state index contributed by atoms with van der Waals surface area (Å²) in [5.74, 6) is 2.43. The van der Waals surface area contributed by atoms with Crippen molar-refractivity contribution < 1.29 is 9.21 Å². The van der Waals surface area contributed by atoms with Crippen LogP contribution in [0.2, 0.25) is 0 Å². The van der Waals surface area contributed by atoms with Crippen LogP contribution in [0.15, 0.2) is 41.0 Å². The third-order valence-corrected chi connectivity index (χ3v) is 7.12. The number of carbonyl (C=O) groups is 1. The van der Waals surface area contributed by atoms with Crippen molar-refractivity contribution in [3.63, 3.8) is 0 Å². The van der Waals surface area contributed by atoms with Crippen LogP contribution in [0.5, 0.6) is 0 Å². The number of hydrogen-bond acceptors (Lipinski definition) is 3. The van der Waals surface area contributed by atoms with E-state index < -0.39 is 0 Å². The van der Waals surface area contributed by atoms with Crippen LogP contribution >= 0.6 is 0 Å². The Bertz CT molecular complexity index is 779. The van der Waals surface area contributed by atoms with Gasteiger partial charge in [0.15, 0.2) is 11.6 Å². The molecule has 1 N–H and O–H groups in total. The largest absolute Gasteiger partial charge is 0.448 e. The Hall–Kier alpha value is -2.10. The van der Waals surface area contributed by atoms with Crippen molar-refractivity contribution in [2.24, 2.45) is 11.8 Å². The number of amides is 1. The van der Waals surface area contributed by atoms with Gasteiger partial charge in [-0.25, -0.2) is 4.98 Å². The first-order valence-corrected chi connectivity index (χ1v) is 12.1. The summed E-state index contributed by atoms with van der Waals surface area (Å²) in [6.07, 6.45) is 16.7. The SMILES string of the molecule is O=C(NCCCCC1CCCCC1)c1coc([C@H]2CCC[C@H]2Cc2ccccc2)n1. The first kappa shape index (κ1) is 21.1. The summed E-state index contributed by atoms with van der Waals surface area (Å²) < 4.78 is 5.77. The van der Waals surface area contributed by atoms with Gasteiger partial charge in [0.2, 0.25) is 0 Å². The number of nitrogens with one attached hydrogen (secondary N) is 1. The van der Waals surface area contributed by atoms with Crippen LogP contribution < -0.4 is 5.32 Å². The lowest BCUT2D eigenvalue weighted by molar-refractivity contribution is 0.0947. The lowest BCUT2D eigenvalue weighted by Crippen LogP contribution is -2.25. The molecule has 1 aromatic carbocycles. The molecule has 0 spiro atoms. The molecule has 0 radical (unpaired) electrons. The molecule has 2 saturated carbocycles. The van der Waals surface area contributed by atoms with E-state index in [0.29, 0.717) is 17.5 Å². The zero-order valence-electron chi connectivity index (χ0n) is 18.2. The van der Waals surface area contributed by atoms with Crippen molar-refractivity contribution >= 4 is 5.91 Å². The number of oxazole rings is 1. The van der Waals surface area contributed by atoms with E-state index in [0.717, 1.165) is 37.6 Å². The lowest BCUT2D eigenvalue weighted by Gasteiger charge is -2.21. The molecular formula is C26H36N2O2. The summed E-state index contributed by atoms with van der Waals surface area (Å²) in [6, 6.07) is 10.6. The van der Waals surface area contributed by atoms with Crippen LogP contribution in [0.1, 0.15) is 98.5 Å². The number of rotatable bonds is 9. The maximum absolute atomic E-state index is 12.5. The van der Waals surface area contributed by atoms with Crippen LogP contribution in [-0.2, 0) is 6.42 Å². The molecule has 2 atom stereocenters. The summed E-state index contributed by atoms with van der Waals surface area (Å²) in [4.78, 5) is 17.1. The Morgan fingerprint density at radius 1 is 1.00 bits per heavy atom. The predicted octanol–water partition coefficient (Wildman–Crippen LogP) is 6.28. The summed E-state index contributed by atoms with van der Waals surface area (Å²) in [6.45, 7) is 0.730. The number of nitrogens with zero attached hydrogens (tertiary/aromatic N) is 1. The van der Waals surface area contributed by atoms with E-state index in [-0.39, 0.29) is 5.91 Å². The zero-order valence-corrected chi connectivity index (χ0v) is 18.2. The van der Waals surface area contributed by atoms with Crippen LogP contribution in [0, 0.1) is 11.8 Å². The molecule has 1 heterocycles. The van der Waals surface area contributed by atoms with Crippen molar-refractivity contribution in [1.82, 2.24) is 10.3 Å². The molecule has 2 aromatic rings. The van der Waals surface area contributed by atoms with Crippen molar-refractivity contribution in [1.29, 1.82) is 0 Å². The van der Waals surface area contributed by atoms with Gasteiger partial charge in [0.25, 0.3) is 5.91 Å². The Labute approximate surface area is 180 Å². The van der Waals surface area contributed by atoms with Crippen LogP contribution in [0.4, 0.5) is 0 Å². The Morgan fingerprint density at radius 2 is 1.83 bits per heavy atom. The fourth-order valence-corrected chi connectivity index (χ4v) is 5.41. The zero-order chi connectivity index (χ0) is 20.6. The monoisotopic (exact) mass is 408 g/mol. The maximum atomic E-state index is 12.5. The quantitative estimate of drug-likeness (QED) is 0.497. The molecule has 0 aliphatic heterocycles. The fourth-order valence-electron chi connectivity index (χ4n) is 5.41. The highest BCUT2D eigenvalue weighted by atomic mass is 16.3. The van der Waals surface area contributed by atoms with Crippen molar-refractivity contribution in [2.45, 2.75) is 83.0 Å². The highest BCUT2D eigenvalue weighted by Gasteiger charge is 2.32. The average molecular weight is 409 g/mol. The molecule has 4 rings (SSSR count). The molecule has 1 aromatic heterocycles. The third kappa shape index (κ3) is 5.74. The molecule has 0 saturated heterocycles. The predicted molar refractivity (Wildman–Crippen MR) is 119 cm³/mol. The second-order valence-electron chi connectivity index (χ2n) is 9.31. The van der Waals surface area contributed by atoms with Gasteiger partial charge in [-0.15, -0.1) is 0 Å². The van der Waals surface area contributed by atoms with E-state index >= 15 is 0 Å². The van der Waals surface area contributed by atoms with Gasteiger partial charge in [-0.05, 0) is 43.1 Å². The fraction of sp³-hybridized carbons (Fsp3) is 0.615. The molecule has 1 amide bonds. The van der Waals surface area contributed by atoms with E-state index in [4.69, 9.17) is 4.42 Å². The third-order valence-electron chi connectivity index (χ3n) is 7.12. The minimum Gasteiger partial charge on any atom is -0.448 e. The molecule has 0 bridgehead atoms. The first-order valence-electron chi connectivity index (χ1n) is 12.1. The number of benzene rings is 1.